The maximum Gasteiger partial charge on any atom is 0.295 e. The smallest absolute Gasteiger partial charge is 0.295 e. The quantitative estimate of drug-likeness (QED) is 0.389. The average Bonchev–Trinajstić information content (AvgIpc) is 3.31. The third kappa shape index (κ3) is 4.37. The Hall–Kier alpha value is -2.77. The Kier molecular flexibility index (Phi) is 6.84. The summed E-state index contributed by atoms with van der Waals surface area (Å²) >= 11 is 6.24. The fourth-order valence-corrected chi connectivity index (χ4v) is 3.72. The van der Waals surface area contributed by atoms with E-state index in [-0.39, 0.29) is 11.3 Å². The summed E-state index contributed by atoms with van der Waals surface area (Å²) in [5.41, 5.74) is 0.311. The fraction of sp³-hybridized carbons (Fsp3) is 0.364. The summed E-state index contributed by atoms with van der Waals surface area (Å²) in [6, 6.07) is 7.31. The van der Waals surface area contributed by atoms with E-state index in [2.05, 4.69) is 0 Å². The normalized spacial score (nSPS) is 18.4. The minimum atomic E-state index is -0.799. The van der Waals surface area contributed by atoms with Crippen LogP contribution in [-0.2, 0) is 9.59 Å². The topological polar surface area (TPSA) is 83.2 Å². The number of likely N-dealkylation sites (tertiary alicyclic amines) is 1. The van der Waals surface area contributed by atoms with Gasteiger partial charge in [0.1, 0.15) is 23.3 Å². The number of aliphatic hydroxyl groups is 1. The third-order valence-corrected chi connectivity index (χ3v) is 5.16. The molecule has 0 radical (unpaired) electrons. The Balaban J connectivity index is 2.03. The van der Waals surface area contributed by atoms with Gasteiger partial charge in [0.2, 0.25) is 0 Å². The van der Waals surface area contributed by atoms with Gasteiger partial charge >= 0.3 is 0 Å². The van der Waals surface area contributed by atoms with Crippen LogP contribution >= 0.6 is 11.6 Å². The number of hydrogen-bond acceptors (Lipinski definition) is 6. The molecule has 1 aliphatic heterocycles. The Morgan fingerprint density at radius 2 is 2.07 bits per heavy atom. The molecule has 160 valence electrons. The van der Waals surface area contributed by atoms with Crippen molar-refractivity contribution < 1.29 is 23.8 Å². The molecule has 1 aromatic carbocycles. The lowest BCUT2D eigenvalue weighted by molar-refractivity contribution is -0.140. The van der Waals surface area contributed by atoms with Crippen molar-refractivity contribution in [3.05, 3.63) is 58.5 Å². The molecule has 30 heavy (non-hydrogen) atoms. The lowest BCUT2D eigenvalue weighted by atomic mass is 9.99. The molecule has 1 atom stereocenters. The molecule has 0 unspecified atom stereocenters. The zero-order valence-corrected chi connectivity index (χ0v) is 18.0. The highest BCUT2D eigenvalue weighted by molar-refractivity contribution is 6.46. The molecule has 1 saturated heterocycles. The highest BCUT2D eigenvalue weighted by Gasteiger charge is 2.47. The van der Waals surface area contributed by atoms with E-state index in [9.17, 15) is 14.7 Å². The first-order valence-electron chi connectivity index (χ1n) is 9.74. The number of carbonyl (C=O) groups is 2. The van der Waals surface area contributed by atoms with Crippen LogP contribution in [0.25, 0.3) is 5.76 Å². The van der Waals surface area contributed by atoms with Crippen molar-refractivity contribution in [1.29, 1.82) is 0 Å². The van der Waals surface area contributed by atoms with Gasteiger partial charge in [0.15, 0.2) is 0 Å². The van der Waals surface area contributed by atoms with E-state index < -0.39 is 17.7 Å². The van der Waals surface area contributed by atoms with Gasteiger partial charge in [-0.2, -0.15) is 0 Å². The minimum Gasteiger partial charge on any atom is -0.507 e. The van der Waals surface area contributed by atoms with Gasteiger partial charge < -0.3 is 24.1 Å². The van der Waals surface area contributed by atoms with Crippen molar-refractivity contribution in [1.82, 2.24) is 9.80 Å². The summed E-state index contributed by atoms with van der Waals surface area (Å²) in [6.07, 6.45) is 2.15. The number of Topliss-reactive ketones (excluding diaryl/α,β-unsaturated/α-hetero) is 1. The summed E-state index contributed by atoms with van der Waals surface area (Å²) < 4.78 is 10.9. The molecule has 7 nitrogen and oxygen atoms in total. The van der Waals surface area contributed by atoms with Crippen LogP contribution in [0.2, 0.25) is 5.02 Å². The summed E-state index contributed by atoms with van der Waals surface area (Å²) in [6.45, 7) is 3.39. The number of rotatable bonds is 8. The van der Waals surface area contributed by atoms with Crippen LogP contribution in [0.1, 0.15) is 30.7 Å². The average molecular weight is 433 g/mol. The molecular weight excluding hydrogens is 408 g/mol. The first-order valence-corrected chi connectivity index (χ1v) is 10.1. The van der Waals surface area contributed by atoms with Gasteiger partial charge in [-0.1, -0.05) is 11.6 Å². The zero-order valence-electron chi connectivity index (χ0n) is 17.2. The molecule has 3 rings (SSSR count). The number of halogens is 1. The van der Waals surface area contributed by atoms with Crippen molar-refractivity contribution in [2.24, 2.45) is 0 Å². The molecule has 2 heterocycles. The molecule has 1 amide bonds. The van der Waals surface area contributed by atoms with Crippen molar-refractivity contribution in [3.8, 4) is 5.75 Å². The van der Waals surface area contributed by atoms with Gasteiger partial charge in [-0.15, -0.1) is 0 Å². The molecule has 0 aliphatic carbocycles. The summed E-state index contributed by atoms with van der Waals surface area (Å²) in [7, 11) is 3.88. The second-order valence-corrected chi connectivity index (χ2v) is 7.65. The molecule has 0 saturated carbocycles. The molecular formula is C22H25ClN2O5. The van der Waals surface area contributed by atoms with Gasteiger partial charge in [-0.3, -0.25) is 9.59 Å². The van der Waals surface area contributed by atoms with E-state index in [1.807, 2.05) is 25.9 Å². The van der Waals surface area contributed by atoms with E-state index in [1.54, 1.807) is 24.3 Å². The van der Waals surface area contributed by atoms with Crippen LogP contribution in [0.15, 0.2) is 46.6 Å². The fourth-order valence-electron chi connectivity index (χ4n) is 3.49. The highest BCUT2D eigenvalue weighted by Crippen LogP contribution is 2.40. The molecule has 0 bridgehead atoms. The van der Waals surface area contributed by atoms with Crippen LogP contribution < -0.4 is 4.74 Å². The zero-order chi connectivity index (χ0) is 21.8. The summed E-state index contributed by atoms with van der Waals surface area (Å²) in [5.74, 6) is -0.813. The predicted molar refractivity (Wildman–Crippen MR) is 114 cm³/mol. The highest BCUT2D eigenvalue weighted by atomic mass is 35.5. The number of benzene rings is 1. The molecule has 1 fully saturated rings. The van der Waals surface area contributed by atoms with Crippen molar-refractivity contribution >= 4 is 29.1 Å². The Labute approximate surface area is 180 Å². The molecule has 8 heteroatoms. The van der Waals surface area contributed by atoms with Crippen molar-refractivity contribution in [2.75, 3.05) is 33.8 Å². The van der Waals surface area contributed by atoms with E-state index in [0.717, 1.165) is 6.54 Å². The number of ketones is 1. The second kappa shape index (κ2) is 9.36. The van der Waals surface area contributed by atoms with Crippen molar-refractivity contribution in [3.63, 3.8) is 0 Å². The Bertz CT molecular complexity index is 952. The lowest BCUT2D eigenvalue weighted by Crippen LogP contribution is -2.32. The summed E-state index contributed by atoms with van der Waals surface area (Å²) in [4.78, 5) is 29.1. The lowest BCUT2D eigenvalue weighted by Gasteiger charge is -2.24. The molecule has 1 N–H and O–H groups in total. The first kappa shape index (κ1) is 21.9. The number of ether oxygens (including phenoxy) is 1. The van der Waals surface area contributed by atoms with Gasteiger partial charge in [0.25, 0.3) is 11.7 Å². The van der Waals surface area contributed by atoms with E-state index in [1.165, 1.54) is 17.2 Å². The number of furan rings is 1. The predicted octanol–water partition coefficient (Wildman–Crippen LogP) is 3.71. The standard InChI is InChI=1S/C22H25ClN2O5/c1-4-29-16-9-8-14(13-15(16)23)20(26)18-19(17-7-5-12-30-17)25(22(28)21(18)27)11-6-10-24(2)3/h5,7-9,12-13,19,26H,4,6,10-11H2,1-3H3/b20-18+/t19-/m0/s1. The maximum absolute atomic E-state index is 12.9. The maximum atomic E-state index is 12.9. The molecule has 1 aliphatic rings. The molecule has 0 spiro atoms. The van der Waals surface area contributed by atoms with Crippen molar-refractivity contribution in [2.45, 2.75) is 19.4 Å². The van der Waals surface area contributed by atoms with E-state index in [0.29, 0.717) is 41.7 Å². The SMILES string of the molecule is CCOc1ccc(/C(O)=C2\C(=O)C(=O)N(CCCN(C)C)[C@H]2c2ccco2)cc1Cl. The van der Waals surface area contributed by atoms with Gasteiger partial charge in [0, 0.05) is 12.1 Å². The third-order valence-electron chi connectivity index (χ3n) is 4.86. The number of aliphatic hydroxyl groups excluding tert-OH is 1. The monoisotopic (exact) mass is 432 g/mol. The van der Waals surface area contributed by atoms with Crippen LogP contribution in [0.3, 0.4) is 0 Å². The van der Waals surface area contributed by atoms with Crippen LogP contribution in [0.4, 0.5) is 0 Å². The Morgan fingerprint density at radius 1 is 1.30 bits per heavy atom. The van der Waals surface area contributed by atoms with Gasteiger partial charge in [-0.05, 0) is 64.3 Å². The van der Waals surface area contributed by atoms with E-state index >= 15 is 0 Å². The largest absolute Gasteiger partial charge is 0.507 e. The molecule has 1 aromatic heterocycles. The summed E-state index contributed by atoms with van der Waals surface area (Å²) in [5, 5.41) is 11.3. The molecule has 2 aromatic rings. The number of hydrogen-bond donors (Lipinski definition) is 1. The van der Waals surface area contributed by atoms with Gasteiger partial charge in [0.05, 0.1) is 23.5 Å². The number of amides is 1. The van der Waals surface area contributed by atoms with E-state index in [4.69, 9.17) is 20.8 Å². The first-order chi connectivity index (χ1) is 14.3. The van der Waals surface area contributed by atoms with Crippen LogP contribution in [0.5, 0.6) is 5.75 Å². The Morgan fingerprint density at radius 3 is 2.67 bits per heavy atom. The number of carbonyl (C=O) groups excluding carboxylic acids is 2. The number of nitrogens with zero attached hydrogens (tertiary/aromatic N) is 2. The van der Waals surface area contributed by atoms with Crippen LogP contribution in [0, 0.1) is 0 Å². The second-order valence-electron chi connectivity index (χ2n) is 7.24. The van der Waals surface area contributed by atoms with Crippen LogP contribution in [-0.4, -0.2) is 60.4 Å². The minimum absolute atomic E-state index is 0.0139. The van der Waals surface area contributed by atoms with Gasteiger partial charge in [-0.25, -0.2) is 0 Å².